The smallest absolute Gasteiger partial charge is 0.230 e. The molecular weight excluding hydrogens is 246 g/mol. The van der Waals surface area contributed by atoms with Gasteiger partial charge >= 0.3 is 0 Å². The minimum absolute atomic E-state index is 0.126. The Hall–Kier alpha value is -1.46. The zero-order valence-corrected chi connectivity index (χ0v) is 11.9. The second kappa shape index (κ2) is 6.63. The van der Waals surface area contributed by atoms with Crippen LogP contribution < -0.4 is 9.67 Å². The second-order valence-electron chi connectivity index (χ2n) is 4.84. The van der Waals surface area contributed by atoms with Crippen LogP contribution in [0.4, 0.5) is 0 Å². The van der Waals surface area contributed by atoms with E-state index in [4.69, 9.17) is 4.89 Å². The highest BCUT2D eigenvalue weighted by molar-refractivity contribution is 5.71. The van der Waals surface area contributed by atoms with Crippen LogP contribution in [-0.2, 0) is 20.1 Å². The first-order valence-corrected chi connectivity index (χ1v) is 6.34. The summed E-state index contributed by atoms with van der Waals surface area (Å²) in [6.07, 6.45) is 4.50. The number of pyridine rings is 1. The van der Waals surface area contributed by atoms with Gasteiger partial charge in [0, 0.05) is 19.1 Å². The van der Waals surface area contributed by atoms with Crippen LogP contribution in [0.3, 0.4) is 0 Å². The zero-order valence-electron chi connectivity index (χ0n) is 11.9. The number of nitrogens with zero attached hydrogens (tertiary/aromatic N) is 1. The van der Waals surface area contributed by atoms with Crippen molar-refractivity contribution in [1.29, 1.82) is 0 Å². The summed E-state index contributed by atoms with van der Waals surface area (Å²) in [4.78, 5) is 20.6. The molecule has 0 N–H and O–H groups in total. The van der Waals surface area contributed by atoms with Gasteiger partial charge in [-0.3, -0.25) is 0 Å². The topological polar surface area (TPSA) is 62.5 Å². The minimum Gasteiger partial charge on any atom is -0.543 e. The summed E-state index contributed by atoms with van der Waals surface area (Å²) in [5.74, 6) is -0.773. The SMILES string of the molecule is CCC(C)c1cc[n+](C(C)(COOC)C(=O)[O-])cc1. The number of carboxylic acids is 1. The summed E-state index contributed by atoms with van der Waals surface area (Å²) >= 11 is 0. The van der Waals surface area contributed by atoms with E-state index in [1.165, 1.54) is 19.6 Å². The lowest BCUT2D eigenvalue weighted by Crippen LogP contribution is -2.65. The molecule has 1 aromatic heterocycles. The molecule has 2 atom stereocenters. The lowest BCUT2D eigenvalue weighted by Gasteiger charge is -2.24. The zero-order chi connectivity index (χ0) is 14.5. The van der Waals surface area contributed by atoms with Gasteiger partial charge in [-0.1, -0.05) is 13.8 Å². The first-order chi connectivity index (χ1) is 8.95. The van der Waals surface area contributed by atoms with Gasteiger partial charge in [-0.05, 0) is 17.9 Å². The van der Waals surface area contributed by atoms with E-state index in [0.29, 0.717) is 5.92 Å². The molecule has 0 aliphatic rings. The highest BCUT2D eigenvalue weighted by Crippen LogP contribution is 2.17. The van der Waals surface area contributed by atoms with Crippen molar-refractivity contribution in [3.63, 3.8) is 0 Å². The molecule has 0 aliphatic carbocycles. The third kappa shape index (κ3) is 3.52. The fourth-order valence-electron chi connectivity index (χ4n) is 1.74. The molecule has 0 aliphatic heterocycles. The average Bonchev–Trinajstić information content (AvgIpc) is 2.43. The van der Waals surface area contributed by atoms with Crippen LogP contribution in [0, 0.1) is 0 Å². The maximum Gasteiger partial charge on any atom is 0.230 e. The van der Waals surface area contributed by atoms with Crippen molar-refractivity contribution in [2.45, 2.75) is 38.6 Å². The predicted molar refractivity (Wildman–Crippen MR) is 67.0 cm³/mol. The van der Waals surface area contributed by atoms with Gasteiger partial charge in [-0.25, -0.2) is 9.78 Å². The molecule has 1 heterocycles. The molecule has 0 amide bonds. The molecular formula is C14H21NO4. The van der Waals surface area contributed by atoms with Crippen LogP contribution in [0.15, 0.2) is 24.5 Å². The molecule has 5 heteroatoms. The minimum atomic E-state index is -1.30. The standard InChI is InChI=1S/C14H21NO4/c1-5-11(2)12-6-8-15(9-7-12)14(3,13(16)17)10-19-18-4/h6-9,11H,5,10H2,1-4H3. The number of carbonyl (C=O) groups is 1. The van der Waals surface area contributed by atoms with Gasteiger partial charge in [0.05, 0.1) is 7.11 Å². The molecule has 5 nitrogen and oxygen atoms in total. The van der Waals surface area contributed by atoms with Crippen LogP contribution in [0.25, 0.3) is 0 Å². The number of carboxylic acid groups (broad SMARTS) is 1. The van der Waals surface area contributed by atoms with Crippen molar-refractivity contribution in [3.8, 4) is 0 Å². The molecule has 106 valence electrons. The lowest BCUT2D eigenvalue weighted by atomic mass is 9.99. The van der Waals surface area contributed by atoms with Gasteiger partial charge in [-0.15, -0.1) is 0 Å². The summed E-state index contributed by atoms with van der Waals surface area (Å²) in [7, 11) is 1.34. The summed E-state index contributed by atoms with van der Waals surface area (Å²) in [5, 5.41) is 11.3. The van der Waals surface area contributed by atoms with Gasteiger partial charge in [0.25, 0.3) is 0 Å². The molecule has 0 bridgehead atoms. The quantitative estimate of drug-likeness (QED) is 0.411. The van der Waals surface area contributed by atoms with E-state index in [0.717, 1.165) is 6.42 Å². The van der Waals surface area contributed by atoms with Crippen molar-refractivity contribution in [3.05, 3.63) is 30.1 Å². The molecule has 0 saturated carbocycles. The normalized spacial score (nSPS) is 15.8. The van der Waals surface area contributed by atoms with Crippen LogP contribution in [0.1, 0.15) is 38.7 Å². The molecule has 0 fully saturated rings. The maximum absolute atomic E-state index is 11.3. The number of hydrogen-bond acceptors (Lipinski definition) is 4. The molecule has 0 spiro atoms. The van der Waals surface area contributed by atoms with Gasteiger partial charge in [0.2, 0.25) is 5.54 Å². The first-order valence-electron chi connectivity index (χ1n) is 6.34. The molecule has 19 heavy (non-hydrogen) atoms. The summed E-state index contributed by atoms with van der Waals surface area (Å²) in [6, 6.07) is 3.84. The third-order valence-corrected chi connectivity index (χ3v) is 3.50. The van der Waals surface area contributed by atoms with Crippen LogP contribution in [0.2, 0.25) is 0 Å². The fourth-order valence-corrected chi connectivity index (χ4v) is 1.74. The van der Waals surface area contributed by atoms with Crippen molar-refractivity contribution >= 4 is 5.97 Å². The van der Waals surface area contributed by atoms with E-state index in [9.17, 15) is 9.90 Å². The Balaban J connectivity index is 3.01. The van der Waals surface area contributed by atoms with Gasteiger partial charge in [-0.2, -0.15) is 4.57 Å². The van der Waals surface area contributed by atoms with Crippen molar-refractivity contribution in [1.82, 2.24) is 0 Å². The third-order valence-electron chi connectivity index (χ3n) is 3.50. The Morgan fingerprint density at radius 3 is 2.47 bits per heavy atom. The Kier molecular flexibility index (Phi) is 5.44. The van der Waals surface area contributed by atoms with Crippen molar-refractivity contribution in [2.75, 3.05) is 13.7 Å². The number of hydrogen-bond donors (Lipinski definition) is 0. The maximum atomic E-state index is 11.3. The summed E-state index contributed by atoms with van der Waals surface area (Å²) in [5.41, 5.74) is -0.128. The number of carbonyl (C=O) groups excluding carboxylic acids is 1. The van der Waals surface area contributed by atoms with E-state index in [-0.39, 0.29) is 6.61 Å². The van der Waals surface area contributed by atoms with E-state index in [2.05, 4.69) is 18.7 Å². The highest BCUT2D eigenvalue weighted by Gasteiger charge is 2.37. The molecule has 0 aromatic carbocycles. The van der Waals surface area contributed by atoms with E-state index in [1.54, 1.807) is 17.0 Å². The monoisotopic (exact) mass is 267 g/mol. The van der Waals surface area contributed by atoms with Gasteiger partial charge < -0.3 is 9.90 Å². The van der Waals surface area contributed by atoms with Gasteiger partial charge in [0.15, 0.2) is 19.0 Å². The molecule has 0 saturated heterocycles. The van der Waals surface area contributed by atoms with Crippen molar-refractivity contribution in [2.24, 2.45) is 0 Å². The van der Waals surface area contributed by atoms with E-state index < -0.39 is 11.5 Å². The Morgan fingerprint density at radius 1 is 1.47 bits per heavy atom. The number of aliphatic carboxylic acids is 1. The highest BCUT2D eigenvalue weighted by atomic mass is 17.2. The predicted octanol–water partition coefficient (Wildman–Crippen LogP) is 0.531. The Morgan fingerprint density at radius 2 is 2.05 bits per heavy atom. The number of aromatic nitrogens is 1. The average molecular weight is 267 g/mol. The molecule has 1 aromatic rings. The Bertz CT molecular complexity index is 418. The summed E-state index contributed by atoms with van der Waals surface area (Å²) in [6.45, 7) is 5.65. The van der Waals surface area contributed by atoms with E-state index >= 15 is 0 Å². The van der Waals surface area contributed by atoms with Gasteiger partial charge in [0.1, 0.15) is 5.97 Å². The first kappa shape index (κ1) is 15.6. The molecule has 1 rings (SSSR count). The van der Waals surface area contributed by atoms with Crippen LogP contribution in [0.5, 0.6) is 0 Å². The largest absolute Gasteiger partial charge is 0.543 e. The fraction of sp³-hybridized carbons (Fsp3) is 0.571. The van der Waals surface area contributed by atoms with E-state index in [1.807, 2.05) is 12.1 Å². The summed E-state index contributed by atoms with van der Waals surface area (Å²) < 4.78 is 1.56. The van der Waals surface area contributed by atoms with Crippen LogP contribution >= 0.6 is 0 Å². The van der Waals surface area contributed by atoms with Crippen molar-refractivity contribution < 1.29 is 24.2 Å². The second-order valence-corrected chi connectivity index (χ2v) is 4.84. The molecule has 0 radical (unpaired) electrons. The lowest BCUT2D eigenvalue weighted by molar-refractivity contribution is -0.757. The van der Waals surface area contributed by atoms with Crippen LogP contribution in [-0.4, -0.2) is 19.7 Å². The Labute approximate surface area is 113 Å². The molecule has 2 unspecified atom stereocenters. The number of rotatable bonds is 7.